The fourth-order valence-corrected chi connectivity index (χ4v) is 1.82. The van der Waals surface area contributed by atoms with E-state index >= 15 is 0 Å². The maximum atomic E-state index is 11.0. The van der Waals surface area contributed by atoms with E-state index in [0.717, 1.165) is 13.0 Å². The Bertz CT molecular complexity index is 274. The second kappa shape index (κ2) is 6.53. The monoisotopic (exact) mass is 241 g/mol. The van der Waals surface area contributed by atoms with Crippen molar-refractivity contribution in [2.45, 2.75) is 18.6 Å². The zero-order chi connectivity index (χ0) is 11.2. The molecule has 0 spiro atoms. The molecule has 0 aliphatic carbocycles. The number of sulfone groups is 1. The second-order valence-electron chi connectivity index (χ2n) is 3.48. The zero-order valence-electron chi connectivity index (χ0n) is 8.95. The zero-order valence-corrected chi connectivity index (χ0v) is 10.6. The summed E-state index contributed by atoms with van der Waals surface area (Å²) in [4.78, 5) is 0. The van der Waals surface area contributed by atoms with E-state index in [2.05, 4.69) is 5.32 Å². The summed E-state index contributed by atoms with van der Waals surface area (Å²) in [5.74, 6) is 0.163. The molecule has 0 rings (SSSR count). The Labute approximate surface area is 88.8 Å². The largest absolute Gasteiger partial charge is 0.316 e. The van der Waals surface area contributed by atoms with Crippen LogP contribution in [0.2, 0.25) is 0 Å². The van der Waals surface area contributed by atoms with Gasteiger partial charge in [-0.15, -0.1) is 0 Å². The van der Waals surface area contributed by atoms with E-state index in [0.29, 0.717) is 6.54 Å². The maximum absolute atomic E-state index is 11.0. The van der Waals surface area contributed by atoms with Crippen molar-refractivity contribution in [2.24, 2.45) is 0 Å². The Morgan fingerprint density at radius 1 is 1.36 bits per heavy atom. The molecule has 0 saturated heterocycles. The lowest BCUT2D eigenvalue weighted by atomic mass is 10.3. The first-order chi connectivity index (χ1) is 6.33. The van der Waals surface area contributed by atoms with Crippen LogP contribution in [0.1, 0.15) is 13.3 Å². The summed E-state index contributed by atoms with van der Waals surface area (Å²) in [7, 11) is -3.65. The molecular formula is C8H19NO3S2. The molecule has 0 aromatic carbocycles. The van der Waals surface area contributed by atoms with Gasteiger partial charge in [-0.05, 0) is 13.0 Å². The van der Waals surface area contributed by atoms with Crippen molar-refractivity contribution in [1.82, 2.24) is 5.32 Å². The topological polar surface area (TPSA) is 63.2 Å². The van der Waals surface area contributed by atoms with Crippen molar-refractivity contribution in [2.75, 3.05) is 31.4 Å². The van der Waals surface area contributed by atoms with Gasteiger partial charge in [0.05, 0.1) is 5.75 Å². The first-order valence-electron chi connectivity index (χ1n) is 4.53. The van der Waals surface area contributed by atoms with E-state index < -0.39 is 20.6 Å². The quantitative estimate of drug-likeness (QED) is 0.626. The highest BCUT2D eigenvalue weighted by Gasteiger charge is 2.05. The van der Waals surface area contributed by atoms with Gasteiger partial charge in [0.1, 0.15) is 9.84 Å². The summed E-state index contributed by atoms with van der Waals surface area (Å²) < 4.78 is 32.4. The molecule has 2 unspecified atom stereocenters. The van der Waals surface area contributed by atoms with Gasteiger partial charge in [-0.2, -0.15) is 0 Å². The minimum absolute atomic E-state index is 0.163. The van der Waals surface area contributed by atoms with Crippen molar-refractivity contribution in [3.8, 4) is 0 Å². The molecule has 1 N–H and O–H groups in total. The van der Waals surface area contributed by atoms with E-state index in [1.165, 1.54) is 6.26 Å². The van der Waals surface area contributed by atoms with Crippen molar-refractivity contribution < 1.29 is 12.6 Å². The minimum Gasteiger partial charge on any atom is -0.316 e. The predicted molar refractivity (Wildman–Crippen MR) is 60.7 cm³/mol. The van der Waals surface area contributed by atoms with Gasteiger partial charge in [0.15, 0.2) is 0 Å². The number of hydrogen-bond acceptors (Lipinski definition) is 4. The maximum Gasteiger partial charge on any atom is 0.148 e. The standard InChI is InChI=1S/C8H19NO3S2/c1-8(13(2)10)4-5-9-6-7-14(3,11)12/h8-9H,4-7H2,1-3H3. The van der Waals surface area contributed by atoms with Crippen LogP contribution in [0.3, 0.4) is 0 Å². The highest BCUT2D eigenvalue weighted by Crippen LogP contribution is 1.96. The minimum atomic E-state index is -2.86. The van der Waals surface area contributed by atoms with E-state index in [9.17, 15) is 12.6 Å². The molecule has 0 aromatic rings. The Hall–Kier alpha value is 0.0600. The smallest absolute Gasteiger partial charge is 0.148 e. The molecule has 0 amide bonds. The van der Waals surface area contributed by atoms with Crippen LogP contribution in [0.4, 0.5) is 0 Å². The summed E-state index contributed by atoms with van der Waals surface area (Å²) in [6.07, 6.45) is 3.71. The molecule has 4 nitrogen and oxygen atoms in total. The van der Waals surface area contributed by atoms with Crippen LogP contribution in [0.15, 0.2) is 0 Å². The fraction of sp³-hybridized carbons (Fsp3) is 1.00. The van der Waals surface area contributed by atoms with Crippen LogP contribution in [-0.4, -0.2) is 49.2 Å². The van der Waals surface area contributed by atoms with Gasteiger partial charge >= 0.3 is 0 Å². The molecule has 2 atom stereocenters. The molecular weight excluding hydrogens is 222 g/mol. The Morgan fingerprint density at radius 3 is 2.36 bits per heavy atom. The number of nitrogens with one attached hydrogen (secondary N) is 1. The lowest BCUT2D eigenvalue weighted by Gasteiger charge is -2.08. The molecule has 0 bridgehead atoms. The molecule has 0 saturated carbocycles. The second-order valence-corrected chi connectivity index (χ2v) is 7.54. The molecule has 6 heteroatoms. The molecule has 0 aliphatic rings. The van der Waals surface area contributed by atoms with E-state index in [-0.39, 0.29) is 11.0 Å². The summed E-state index contributed by atoms with van der Waals surface area (Å²) in [5, 5.41) is 3.18. The van der Waals surface area contributed by atoms with Gasteiger partial charge in [0.25, 0.3) is 0 Å². The SMILES string of the molecule is CC(CCNCCS(C)(=O)=O)S(C)=O. The third-order valence-corrected chi connectivity index (χ3v) is 4.26. The highest BCUT2D eigenvalue weighted by molar-refractivity contribution is 7.90. The van der Waals surface area contributed by atoms with Crippen LogP contribution in [0, 0.1) is 0 Å². The van der Waals surface area contributed by atoms with Gasteiger partial charge in [-0.25, -0.2) is 8.42 Å². The van der Waals surface area contributed by atoms with E-state index in [1.54, 1.807) is 6.26 Å². The fourth-order valence-electron chi connectivity index (χ4n) is 0.854. The third-order valence-electron chi connectivity index (χ3n) is 1.94. The van der Waals surface area contributed by atoms with Crippen LogP contribution in [0.25, 0.3) is 0 Å². The van der Waals surface area contributed by atoms with Crippen LogP contribution in [-0.2, 0) is 20.6 Å². The van der Waals surface area contributed by atoms with Gasteiger partial charge in [0, 0.05) is 35.1 Å². The third kappa shape index (κ3) is 8.65. The van der Waals surface area contributed by atoms with Crippen molar-refractivity contribution >= 4 is 20.6 Å². The van der Waals surface area contributed by atoms with Crippen molar-refractivity contribution in [1.29, 1.82) is 0 Å². The average Bonchev–Trinajstić information content (AvgIpc) is 2.01. The Balaban J connectivity index is 3.44. The molecule has 14 heavy (non-hydrogen) atoms. The number of hydrogen-bond donors (Lipinski definition) is 1. The molecule has 0 aromatic heterocycles. The Kier molecular flexibility index (Phi) is 6.55. The normalized spacial score (nSPS) is 16.5. The van der Waals surface area contributed by atoms with Gasteiger partial charge in [-0.3, -0.25) is 4.21 Å². The summed E-state index contributed by atoms with van der Waals surface area (Å²) in [5.41, 5.74) is 0. The van der Waals surface area contributed by atoms with Gasteiger partial charge in [-0.1, -0.05) is 6.92 Å². The predicted octanol–water partition coefficient (Wildman–Crippen LogP) is -0.222. The molecule has 0 fully saturated rings. The average molecular weight is 241 g/mol. The first-order valence-corrected chi connectivity index (χ1v) is 8.22. The molecule has 0 heterocycles. The first kappa shape index (κ1) is 14.1. The highest BCUT2D eigenvalue weighted by atomic mass is 32.2. The molecule has 0 aliphatic heterocycles. The van der Waals surface area contributed by atoms with E-state index in [4.69, 9.17) is 0 Å². The van der Waals surface area contributed by atoms with E-state index in [1.807, 2.05) is 6.92 Å². The van der Waals surface area contributed by atoms with Crippen molar-refractivity contribution in [3.63, 3.8) is 0 Å². The summed E-state index contributed by atoms with van der Waals surface area (Å²) >= 11 is 0. The Morgan fingerprint density at radius 2 is 1.93 bits per heavy atom. The molecule has 86 valence electrons. The lowest BCUT2D eigenvalue weighted by molar-refractivity contribution is 0.593. The summed E-state index contributed by atoms with van der Waals surface area (Å²) in [6, 6.07) is 0. The van der Waals surface area contributed by atoms with Crippen LogP contribution < -0.4 is 5.32 Å². The lowest BCUT2D eigenvalue weighted by Crippen LogP contribution is -2.26. The summed E-state index contributed by atoms with van der Waals surface area (Å²) in [6.45, 7) is 3.12. The molecule has 0 radical (unpaired) electrons. The van der Waals surface area contributed by atoms with Crippen molar-refractivity contribution in [3.05, 3.63) is 0 Å². The van der Waals surface area contributed by atoms with Crippen LogP contribution >= 0.6 is 0 Å². The van der Waals surface area contributed by atoms with Gasteiger partial charge < -0.3 is 5.32 Å². The number of rotatable bonds is 7. The van der Waals surface area contributed by atoms with Gasteiger partial charge in [0.2, 0.25) is 0 Å². The van der Waals surface area contributed by atoms with Crippen LogP contribution in [0.5, 0.6) is 0 Å².